The molecule has 2 N–H and O–H groups in total. The first-order valence-corrected chi connectivity index (χ1v) is 8.47. The molecule has 19 heavy (non-hydrogen) atoms. The van der Waals surface area contributed by atoms with Gasteiger partial charge < -0.3 is 10.5 Å². The Bertz CT molecular complexity index is 578. The standard InChI is InChI=1S/C14H19NO3S/c1-10(15)14(6-7-14)12-4-2-3-5-13(12)18-11-8-19(16,17)9-11/h2-5,10-11H,6-9,15H2,1H3. The van der Waals surface area contributed by atoms with Crippen LogP contribution in [0, 0.1) is 0 Å². The molecule has 1 aromatic carbocycles. The van der Waals surface area contributed by atoms with E-state index in [0.717, 1.165) is 24.2 Å². The van der Waals surface area contributed by atoms with Gasteiger partial charge in [0.2, 0.25) is 0 Å². The van der Waals surface area contributed by atoms with Crippen molar-refractivity contribution in [2.45, 2.75) is 37.3 Å². The van der Waals surface area contributed by atoms with Crippen molar-refractivity contribution in [3.8, 4) is 5.75 Å². The van der Waals surface area contributed by atoms with E-state index in [-0.39, 0.29) is 29.1 Å². The first kappa shape index (κ1) is 12.9. The average Bonchev–Trinajstić information content (AvgIpc) is 3.08. The lowest BCUT2D eigenvalue weighted by Gasteiger charge is -2.30. The third-order valence-electron chi connectivity index (χ3n) is 4.26. The lowest BCUT2D eigenvalue weighted by Crippen LogP contribution is -2.45. The van der Waals surface area contributed by atoms with Gasteiger partial charge in [0, 0.05) is 17.0 Å². The van der Waals surface area contributed by atoms with Gasteiger partial charge in [-0.05, 0) is 25.8 Å². The monoisotopic (exact) mass is 281 g/mol. The van der Waals surface area contributed by atoms with Crippen LogP contribution >= 0.6 is 0 Å². The van der Waals surface area contributed by atoms with Gasteiger partial charge in [-0.25, -0.2) is 8.42 Å². The molecule has 1 saturated heterocycles. The van der Waals surface area contributed by atoms with E-state index < -0.39 is 9.84 Å². The van der Waals surface area contributed by atoms with Gasteiger partial charge in [-0.2, -0.15) is 0 Å². The Morgan fingerprint density at radius 2 is 1.95 bits per heavy atom. The SMILES string of the molecule is CC(N)C1(c2ccccc2OC2CS(=O)(=O)C2)CC1. The normalized spacial score (nSPS) is 25.4. The van der Waals surface area contributed by atoms with Crippen LogP contribution in [-0.2, 0) is 15.3 Å². The fraction of sp³-hybridized carbons (Fsp3) is 0.571. The Balaban J connectivity index is 1.83. The Hall–Kier alpha value is -1.07. The van der Waals surface area contributed by atoms with Gasteiger partial charge in [0.25, 0.3) is 0 Å². The van der Waals surface area contributed by atoms with Crippen molar-refractivity contribution in [1.29, 1.82) is 0 Å². The summed E-state index contributed by atoms with van der Waals surface area (Å²) < 4.78 is 28.2. The maximum atomic E-state index is 11.2. The molecule has 1 atom stereocenters. The topological polar surface area (TPSA) is 69.4 Å². The summed E-state index contributed by atoms with van der Waals surface area (Å²) in [6.07, 6.45) is 1.96. The number of hydrogen-bond acceptors (Lipinski definition) is 4. The number of sulfone groups is 1. The van der Waals surface area contributed by atoms with Crippen LogP contribution in [0.3, 0.4) is 0 Å². The minimum Gasteiger partial charge on any atom is -0.488 e. The molecule has 0 bridgehead atoms. The van der Waals surface area contributed by atoms with Gasteiger partial charge in [0.1, 0.15) is 11.9 Å². The zero-order chi connectivity index (χ0) is 13.7. The lowest BCUT2D eigenvalue weighted by atomic mass is 9.89. The summed E-state index contributed by atoms with van der Waals surface area (Å²) in [5.74, 6) is 1.07. The van der Waals surface area contributed by atoms with E-state index in [2.05, 4.69) is 6.07 Å². The number of nitrogens with two attached hydrogens (primary N) is 1. The van der Waals surface area contributed by atoms with E-state index >= 15 is 0 Å². The van der Waals surface area contributed by atoms with Gasteiger partial charge >= 0.3 is 0 Å². The number of hydrogen-bond donors (Lipinski definition) is 1. The smallest absolute Gasteiger partial charge is 0.157 e. The highest BCUT2D eigenvalue weighted by Crippen LogP contribution is 2.53. The maximum absolute atomic E-state index is 11.2. The summed E-state index contributed by atoms with van der Waals surface area (Å²) in [4.78, 5) is 0. The average molecular weight is 281 g/mol. The molecule has 1 unspecified atom stereocenters. The molecular formula is C14H19NO3S. The Morgan fingerprint density at radius 3 is 2.47 bits per heavy atom. The van der Waals surface area contributed by atoms with Crippen molar-refractivity contribution in [3.05, 3.63) is 29.8 Å². The molecule has 2 fully saturated rings. The largest absolute Gasteiger partial charge is 0.488 e. The molecule has 3 rings (SSSR count). The molecular weight excluding hydrogens is 262 g/mol. The van der Waals surface area contributed by atoms with Crippen LogP contribution in [0.1, 0.15) is 25.3 Å². The highest BCUT2D eigenvalue weighted by Gasteiger charge is 2.49. The van der Waals surface area contributed by atoms with Crippen LogP contribution in [-0.4, -0.2) is 32.1 Å². The zero-order valence-electron chi connectivity index (χ0n) is 11.0. The van der Waals surface area contributed by atoms with Gasteiger partial charge in [-0.15, -0.1) is 0 Å². The molecule has 1 aliphatic carbocycles. The zero-order valence-corrected chi connectivity index (χ0v) is 11.8. The Kier molecular flexibility index (Phi) is 2.87. The fourth-order valence-electron chi connectivity index (χ4n) is 2.85. The van der Waals surface area contributed by atoms with E-state index in [1.165, 1.54) is 0 Å². The highest BCUT2D eigenvalue weighted by molar-refractivity contribution is 7.92. The molecule has 1 saturated carbocycles. The van der Waals surface area contributed by atoms with Crippen LogP contribution in [0.4, 0.5) is 0 Å². The predicted molar refractivity (Wildman–Crippen MR) is 74.1 cm³/mol. The number of para-hydroxylation sites is 1. The van der Waals surface area contributed by atoms with Crippen LogP contribution in [0.2, 0.25) is 0 Å². The maximum Gasteiger partial charge on any atom is 0.157 e. The summed E-state index contributed by atoms with van der Waals surface area (Å²) in [5, 5.41) is 0. The Morgan fingerprint density at radius 1 is 1.32 bits per heavy atom. The summed E-state index contributed by atoms with van der Waals surface area (Å²) >= 11 is 0. The first-order valence-electron chi connectivity index (χ1n) is 6.65. The lowest BCUT2D eigenvalue weighted by molar-refractivity contribution is 0.225. The van der Waals surface area contributed by atoms with Gasteiger partial charge in [0.05, 0.1) is 11.5 Å². The van der Waals surface area contributed by atoms with Crippen LogP contribution < -0.4 is 10.5 Å². The van der Waals surface area contributed by atoms with Crippen molar-refractivity contribution in [2.75, 3.05) is 11.5 Å². The first-order chi connectivity index (χ1) is 8.93. The van der Waals surface area contributed by atoms with E-state index in [4.69, 9.17) is 10.5 Å². The molecule has 2 aliphatic rings. The number of ether oxygens (including phenoxy) is 1. The number of rotatable bonds is 4. The summed E-state index contributed by atoms with van der Waals surface area (Å²) in [6, 6.07) is 7.97. The van der Waals surface area contributed by atoms with E-state index in [1.54, 1.807) is 0 Å². The van der Waals surface area contributed by atoms with Crippen LogP contribution in [0.25, 0.3) is 0 Å². The molecule has 0 radical (unpaired) electrons. The molecule has 0 aromatic heterocycles. The second-order valence-electron chi connectivity index (χ2n) is 5.76. The van der Waals surface area contributed by atoms with E-state index in [0.29, 0.717) is 0 Å². The minimum absolute atomic E-state index is 0.0270. The quantitative estimate of drug-likeness (QED) is 0.901. The molecule has 1 aromatic rings. The summed E-state index contributed by atoms with van der Waals surface area (Å²) in [6.45, 7) is 2.03. The van der Waals surface area contributed by atoms with Gasteiger partial charge in [0.15, 0.2) is 9.84 Å². The third kappa shape index (κ3) is 2.25. The van der Waals surface area contributed by atoms with Gasteiger partial charge in [-0.3, -0.25) is 0 Å². The second-order valence-corrected chi connectivity index (χ2v) is 7.91. The van der Waals surface area contributed by atoms with Crippen molar-refractivity contribution in [2.24, 2.45) is 5.73 Å². The predicted octanol–water partition coefficient (Wildman–Crippen LogP) is 1.24. The van der Waals surface area contributed by atoms with E-state index in [1.807, 2.05) is 25.1 Å². The Labute approximate surface area is 113 Å². The van der Waals surface area contributed by atoms with E-state index in [9.17, 15) is 8.42 Å². The second kappa shape index (κ2) is 4.21. The summed E-state index contributed by atoms with van der Waals surface area (Å²) in [7, 11) is -2.85. The molecule has 4 nitrogen and oxygen atoms in total. The van der Waals surface area contributed by atoms with Crippen molar-refractivity contribution in [3.63, 3.8) is 0 Å². The molecule has 0 spiro atoms. The molecule has 1 aliphatic heterocycles. The van der Waals surface area contributed by atoms with Crippen molar-refractivity contribution < 1.29 is 13.2 Å². The van der Waals surface area contributed by atoms with Crippen molar-refractivity contribution in [1.82, 2.24) is 0 Å². The molecule has 5 heteroatoms. The summed E-state index contributed by atoms with van der Waals surface area (Å²) in [5.41, 5.74) is 7.26. The van der Waals surface area contributed by atoms with Crippen LogP contribution in [0.5, 0.6) is 5.75 Å². The van der Waals surface area contributed by atoms with Crippen LogP contribution in [0.15, 0.2) is 24.3 Å². The highest BCUT2D eigenvalue weighted by atomic mass is 32.2. The third-order valence-corrected chi connectivity index (χ3v) is 6.02. The number of benzene rings is 1. The molecule has 0 amide bonds. The minimum atomic E-state index is -2.85. The van der Waals surface area contributed by atoms with Gasteiger partial charge in [-0.1, -0.05) is 18.2 Å². The fourth-order valence-corrected chi connectivity index (χ4v) is 4.02. The molecule has 104 valence electrons. The molecule has 1 heterocycles. The van der Waals surface area contributed by atoms with Crippen molar-refractivity contribution >= 4 is 9.84 Å².